The fraction of sp³-hybridized carbons (Fsp3) is 0.619. The monoisotopic (exact) mass is 502 g/mol. The summed E-state index contributed by atoms with van der Waals surface area (Å²) < 4.78 is 5.38. The van der Waals surface area contributed by atoms with E-state index >= 15 is 0 Å². The molecule has 1 aromatic rings. The predicted octanol–water partition coefficient (Wildman–Crippen LogP) is 2.85. The zero-order valence-corrected chi connectivity index (χ0v) is 19.6. The van der Waals surface area contributed by atoms with Gasteiger partial charge in [0, 0.05) is 33.2 Å². The van der Waals surface area contributed by atoms with Gasteiger partial charge in [-0.3, -0.25) is 9.79 Å². The van der Waals surface area contributed by atoms with Crippen LogP contribution in [-0.2, 0) is 9.53 Å². The molecule has 1 saturated heterocycles. The summed E-state index contributed by atoms with van der Waals surface area (Å²) in [6, 6.07) is 9.97. The molecule has 0 bridgehead atoms. The summed E-state index contributed by atoms with van der Waals surface area (Å²) in [4.78, 5) is 19.3. The smallest absolute Gasteiger partial charge is 0.232 e. The Morgan fingerprint density at radius 2 is 1.86 bits per heavy atom. The number of amides is 1. The summed E-state index contributed by atoms with van der Waals surface area (Å²) >= 11 is 0. The third kappa shape index (κ3) is 8.34. The van der Waals surface area contributed by atoms with E-state index in [0.29, 0.717) is 38.8 Å². The first-order valence-corrected chi connectivity index (χ1v) is 9.97. The van der Waals surface area contributed by atoms with Crippen LogP contribution in [0.4, 0.5) is 0 Å². The molecule has 2 rings (SSSR count). The number of nitrogens with one attached hydrogen (secondary N) is 2. The molecule has 1 fully saturated rings. The third-order valence-electron chi connectivity index (χ3n) is 4.77. The SMILES string of the molecule is CN=C(NCCCC(C)C)NCC(C(=O)N1CCOCC1)c1ccccc1.I. The van der Waals surface area contributed by atoms with E-state index in [1.165, 1.54) is 6.42 Å². The fourth-order valence-electron chi connectivity index (χ4n) is 3.17. The number of halogens is 1. The Balaban J connectivity index is 0.00000392. The second-order valence-electron chi connectivity index (χ2n) is 7.32. The Labute approximate surface area is 186 Å². The number of morpholine rings is 1. The zero-order valence-electron chi connectivity index (χ0n) is 17.3. The van der Waals surface area contributed by atoms with Gasteiger partial charge in [0.2, 0.25) is 5.91 Å². The summed E-state index contributed by atoms with van der Waals surface area (Å²) in [5.41, 5.74) is 1.02. The fourth-order valence-corrected chi connectivity index (χ4v) is 3.17. The van der Waals surface area contributed by atoms with Gasteiger partial charge in [-0.1, -0.05) is 44.2 Å². The highest BCUT2D eigenvalue weighted by atomic mass is 127. The van der Waals surface area contributed by atoms with E-state index in [2.05, 4.69) is 29.5 Å². The van der Waals surface area contributed by atoms with Crippen molar-refractivity contribution < 1.29 is 9.53 Å². The molecule has 1 atom stereocenters. The standard InChI is InChI=1S/C21H34N4O2.HI/c1-17(2)8-7-11-23-21(22-3)24-16-19(18-9-5-4-6-10-18)20(26)25-12-14-27-15-13-25;/h4-6,9-10,17,19H,7-8,11-16H2,1-3H3,(H2,22,23,24);1H. The molecule has 0 saturated carbocycles. The molecule has 1 amide bonds. The second kappa shape index (κ2) is 13.8. The molecule has 1 aliphatic heterocycles. The van der Waals surface area contributed by atoms with Gasteiger partial charge in [-0.2, -0.15) is 0 Å². The Kier molecular flexibility index (Phi) is 12.1. The number of ether oxygens (including phenoxy) is 1. The van der Waals surface area contributed by atoms with Crippen molar-refractivity contribution in [2.75, 3.05) is 46.4 Å². The maximum absolute atomic E-state index is 13.1. The molecular weight excluding hydrogens is 467 g/mol. The third-order valence-corrected chi connectivity index (χ3v) is 4.77. The van der Waals surface area contributed by atoms with Gasteiger partial charge < -0.3 is 20.3 Å². The molecule has 2 N–H and O–H groups in total. The van der Waals surface area contributed by atoms with Crippen LogP contribution in [0.2, 0.25) is 0 Å². The number of hydrogen-bond donors (Lipinski definition) is 2. The molecule has 0 aliphatic carbocycles. The Morgan fingerprint density at radius 3 is 2.46 bits per heavy atom. The van der Waals surface area contributed by atoms with Crippen molar-refractivity contribution in [2.45, 2.75) is 32.6 Å². The van der Waals surface area contributed by atoms with E-state index < -0.39 is 0 Å². The van der Waals surface area contributed by atoms with Gasteiger partial charge in [0.05, 0.1) is 19.1 Å². The predicted molar refractivity (Wildman–Crippen MR) is 125 cm³/mol. The van der Waals surface area contributed by atoms with Crippen LogP contribution in [0.25, 0.3) is 0 Å². The van der Waals surface area contributed by atoms with Crippen molar-refractivity contribution in [1.29, 1.82) is 0 Å². The van der Waals surface area contributed by atoms with Crippen molar-refractivity contribution in [3.8, 4) is 0 Å². The lowest BCUT2D eigenvalue weighted by Gasteiger charge is -2.31. The first-order chi connectivity index (χ1) is 13.1. The number of aliphatic imine (C=N–C) groups is 1. The highest BCUT2D eigenvalue weighted by Crippen LogP contribution is 2.18. The minimum Gasteiger partial charge on any atom is -0.378 e. The lowest BCUT2D eigenvalue weighted by Crippen LogP contribution is -2.47. The average molecular weight is 502 g/mol. The highest BCUT2D eigenvalue weighted by molar-refractivity contribution is 14.0. The Morgan fingerprint density at radius 1 is 1.18 bits per heavy atom. The van der Waals surface area contributed by atoms with E-state index in [4.69, 9.17) is 4.74 Å². The van der Waals surface area contributed by atoms with Gasteiger partial charge in [0.25, 0.3) is 0 Å². The van der Waals surface area contributed by atoms with Crippen molar-refractivity contribution in [2.24, 2.45) is 10.9 Å². The van der Waals surface area contributed by atoms with Crippen LogP contribution in [0.3, 0.4) is 0 Å². The van der Waals surface area contributed by atoms with Gasteiger partial charge in [-0.15, -0.1) is 24.0 Å². The molecule has 1 aliphatic rings. The van der Waals surface area contributed by atoms with Gasteiger partial charge in [0.15, 0.2) is 5.96 Å². The second-order valence-corrected chi connectivity index (χ2v) is 7.32. The number of carbonyl (C=O) groups is 1. The number of guanidine groups is 1. The van der Waals surface area contributed by atoms with Crippen molar-refractivity contribution in [1.82, 2.24) is 15.5 Å². The summed E-state index contributed by atoms with van der Waals surface area (Å²) in [7, 11) is 1.76. The van der Waals surface area contributed by atoms with E-state index in [1.807, 2.05) is 35.2 Å². The van der Waals surface area contributed by atoms with Gasteiger partial charge >= 0.3 is 0 Å². The quantitative estimate of drug-likeness (QED) is 0.249. The Hall–Kier alpha value is -1.35. The number of nitrogens with zero attached hydrogens (tertiary/aromatic N) is 2. The number of carbonyl (C=O) groups excluding carboxylic acids is 1. The Bertz CT molecular complexity index is 589. The van der Waals surface area contributed by atoms with Crippen molar-refractivity contribution >= 4 is 35.8 Å². The molecule has 1 unspecified atom stereocenters. The van der Waals surface area contributed by atoms with Crippen LogP contribution in [-0.4, -0.2) is 63.2 Å². The average Bonchev–Trinajstić information content (AvgIpc) is 2.70. The molecule has 0 radical (unpaired) electrons. The van der Waals surface area contributed by atoms with Crippen molar-refractivity contribution in [3.05, 3.63) is 35.9 Å². The van der Waals surface area contributed by atoms with Crippen LogP contribution in [0.1, 0.15) is 38.2 Å². The topological polar surface area (TPSA) is 66.0 Å². The molecule has 6 nitrogen and oxygen atoms in total. The number of hydrogen-bond acceptors (Lipinski definition) is 3. The summed E-state index contributed by atoms with van der Waals surface area (Å²) in [6.45, 7) is 8.40. The minimum absolute atomic E-state index is 0. The molecule has 7 heteroatoms. The molecule has 0 spiro atoms. The lowest BCUT2D eigenvalue weighted by atomic mass is 9.97. The number of benzene rings is 1. The van der Waals surface area contributed by atoms with Crippen molar-refractivity contribution in [3.63, 3.8) is 0 Å². The van der Waals surface area contributed by atoms with E-state index in [-0.39, 0.29) is 35.8 Å². The minimum atomic E-state index is -0.237. The molecule has 1 heterocycles. The summed E-state index contributed by atoms with van der Waals surface area (Å²) in [6.07, 6.45) is 2.29. The molecular formula is C21H35IN4O2. The normalized spacial score (nSPS) is 15.7. The van der Waals surface area contributed by atoms with E-state index in [1.54, 1.807) is 7.05 Å². The lowest BCUT2D eigenvalue weighted by molar-refractivity contribution is -0.136. The zero-order chi connectivity index (χ0) is 19.5. The molecule has 1 aromatic carbocycles. The summed E-state index contributed by atoms with van der Waals surface area (Å²) in [5.74, 6) is 1.36. The van der Waals surface area contributed by atoms with Crippen LogP contribution in [0, 0.1) is 5.92 Å². The van der Waals surface area contributed by atoms with Gasteiger partial charge in [0.1, 0.15) is 0 Å². The maximum atomic E-state index is 13.1. The number of rotatable bonds is 8. The van der Waals surface area contributed by atoms with Crippen LogP contribution in [0.15, 0.2) is 35.3 Å². The van der Waals surface area contributed by atoms with E-state index in [9.17, 15) is 4.79 Å². The molecule has 158 valence electrons. The largest absolute Gasteiger partial charge is 0.378 e. The van der Waals surface area contributed by atoms with Gasteiger partial charge in [-0.25, -0.2) is 0 Å². The van der Waals surface area contributed by atoms with E-state index in [0.717, 1.165) is 24.5 Å². The summed E-state index contributed by atoms with van der Waals surface area (Å²) in [5, 5.41) is 6.68. The first kappa shape index (κ1) is 24.7. The highest BCUT2D eigenvalue weighted by Gasteiger charge is 2.27. The maximum Gasteiger partial charge on any atom is 0.232 e. The van der Waals surface area contributed by atoms with Crippen LogP contribution < -0.4 is 10.6 Å². The van der Waals surface area contributed by atoms with Gasteiger partial charge in [-0.05, 0) is 24.3 Å². The first-order valence-electron chi connectivity index (χ1n) is 9.97. The van der Waals surface area contributed by atoms with Crippen LogP contribution in [0.5, 0.6) is 0 Å². The van der Waals surface area contributed by atoms with Crippen LogP contribution >= 0.6 is 24.0 Å². The molecule has 28 heavy (non-hydrogen) atoms. The molecule has 0 aromatic heterocycles.